The molecule has 0 aliphatic rings. The van der Waals surface area contributed by atoms with E-state index in [0.29, 0.717) is 10.7 Å². The van der Waals surface area contributed by atoms with E-state index in [9.17, 15) is 14.0 Å². The second kappa shape index (κ2) is 8.52. The Bertz CT molecular complexity index is 1000. The topological polar surface area (TPSA) is 83.5 Å². The summed E-state index contributed by atoms with van der Waals surface area (Å²) in [5, 5.41) is 8.57. The van der Waals surface area contributed by atoms with Crippen LogP contribution in [0.25, 0.3) is 11.3 Å². The van der Waals surface area contributed by atoms with E-state index < -0.39 is 17.6 Å². The van der Waals surface area contributed by atoms with Gasteiger partial charge in [-0.15, -0.1) is 11.3 Å². The van der Waals surface area contributed by atoms with Crippen LogP contribution in [0.3, 0.4) is 0 Å². The molecule has 0 bridgehead atoms. The van der Waals surface area contributed by atoms with Crippen molar-refractivity contribution in [2.75, 3.05) is 5.32 Å². The number of halogens is 2. The van der Waals surface area contributed by atoms with Gasteiger partial charge in [-0.1, -0.05) is 41.9 Å². The number of benzene rings is 2. The van der Waals surface area contributed by atoms with Gasteiger partial charge in [0.15, 0.2) is 5.13 Å². The van der Waals surface area contributed by atoms with Crippen molar-refractivity contribution in [2.24, 2.45) is 5.10 Å². The Morgan fingerprint density at radius 3 is 2.59 bits per heavy atom. The van der Waals surface area contributed by atoms with Crippen LogP contribution in [0.15, 0.2) is 59.0 Å². The second-order valence-corrected chi connectivity index (χ2v) is 6.51. The molecule has 9 heteroatoms. The van der Waals surface area contributed by atoms with E-state index in [2.05, 4.69) is 15.4 Å². The predicted molar refractivity (Wildman–Crippen MR) is 103 cm³/mol. The van der Waals surface area contributed by atoms with Gasteiger partial charge in [-0.2, -0.15) is 5.10 Å². The monoisotopic (exact) mass is 402 g/mol. The number of carbonyl (C=O) groups is 2. The highest BCUT2D eigenvalue weighted by Gasteiger charge is 2.15. The first kappa shape index (κ1) is 18.7. The molecule has 0 radical (unpaired) electrons. The van der Waals surface area contributed by atoms with E-state index in [-0.39, 0.29) is 10.7 Å². The van der Waals surface area contributed by atoms with Crippen LogP contribution < -0.4 is 10.7 Å². The van der Waals surface area contributed by atoms with Crippen molar-refractivity contribution in [3.8, 4) is 11.3 Å². The van der Waals surface area contributed by atoms with Crippen LogP contribution in [-0.2, 0) is 9.59 Å². The number of carbonyl (C=O) groups excluding carboxylic acids is 2. The second-order valence-electron chi connectivity index (χ2n) is 5.22. The molecule has 1 aromatic heterocycles. The first-order valence-electron chi connectivity index (χ1n) is 7.63. The van der Waals surface area contributed by atoms with E-state index in [0.717, 1.165) is 11.8 Å². The minimum Gasteiger partial charge on any atom is -0.294 e. The fraction of sp³-hybridized carbons (Fsp3) is 0. The summed E-state index contributed by atoms with van der Waals surface area (Å²) in [5.74, 6) is -2.42. The van der Waals surface area contributed by atoms with Gasteiger partial charge >= 0.3 is 11.8 Å². The van der Waals surface area contributed by atoms with E-state index in [1.54, 1.807) is 35.7 Å². The van der Waals surface area contributed by atoms with Crippen molar-refractivity contribution in [2.45, 2.75) is 0 Å². The third-order valence-electron chi connectivity index (χ3n) is 3.35. The van der Waals surface area contributed by atoms with E-state index >= 15 is 0 Å². The molecule has 3 aromatic rings. The number of nitrogens with zero attached hydrogens (tertiary/aromatic N) is 2. The maximum atomic E-state index is 13.4. The van der Waals surface area contributed by atoms with Crippen molar-refractivity contribution in [3.63, 3.8) is 0 Å². The predicted octanol–water partition coefficient (Wildman–Crippen LogP) is 3.69. The average molecular weight is 403 g/mol. The van der Waals surface area contributed by atoms with Crippen LogP contribution in [0, 0.1) is 5.82 Å². The van der Waals surface area contributed by atoms with Gasteiger partial charge in [-0.25, -0.2) is 14.8 Å². The SMILES string of the molecule is O=C(N/N=C\c1ccccc1F)C(=O)Nc1nc(-c2ccc(Cl)cc2)cs1. The van der Waals surface area contributed by atoms with Crippen LogP contribution in [0.5, 0.6) is 0 Å². The molecule has 2 aromatic carbocycles. The molecule has 0 aliphatic carbocycles. The minimum atomic E-state index is -0.995. The minimum absolute atomic E-state index is 0.186. The van der Waals surface area contributed by atoms with Gasteiger partial charge in [0.1, 0.15) is 5.82 Å². The molecule has 27 heavy (non-hydrogen) atoms. The van der Waals surface area contributed by atoms with Gasteiger partial charge in [-0.3, -0.25) is 14.9 Å². The highest BCUT2D eigenvalue weighted by Crippen LogP contribution is 2.25. The fourth-order valence-electron chi connectivity index (χ4n) is 2.03. The molecule has 0 atom stereocenters. The van der Waals surface area contributed by atoms with E-state index in [1.807, 2.05) is 5.43 Å². The number of aromatic nitrogens is 1. The van der Waals surface area contributed by atoms with Crippen molar-refractivity contribution in [1.29, 1.82) is 0 Å². The Hall–Kier alpha value is -3.10. The van der Waals surface area contributed by atoms with Crippen LogP contribution in [-0.4, -0.2) is 23.0 Å². The number of rotatable bonds is 4. The zero-order chi connectivity index (χ0) is 19.2. The molecule has 3 rings (SSSR count). The Morgan fingerprint density at radius 1 is 1.11 bits per heavy atom. The first-order valence-corrected chi connectivity index (χ1v) is 8.89. The maximum Gasteiger partial charge on any atom is 0.329 e. The number of hydrogen-bond acceptors (Lipinski definition) is 5. The summed E-state index contributed by atoms with van der Waals surface area (Å²) in [5.41, 5.74) is 3.70. The normalized spacial score (nSPS) is 10.7. The van der Waals surface area contributed by atoms with Crippen LogP contribution in [0.4, 0.5) is 9.52 Å². The largest absolute Gasteiger partial charge is 0.329 e. The Morgan fingerprint density at radius 2 is 1.85 bits per heavy atom. The smallest absolute Gasteiger partial charge is 0.294 e. The summed E-state index contributed by atoms with van der Waals surface area (Å²) in [6, 6.07) is 13.0. The average Bonchev–Trinajstić information content (AvgIpc) is 3.12. The molecule has 0 fully saturated rings. The molecule has 0 aliphatic heterocycles. The highest BCUT2D eigenvalue weighted by atomic mass is 35.5. The summed E-state index contributed by atoms with van der Waals surface area (Å²) in [7, 11) is 0. The van der Waals surface area contributed by atoms with Crippen LogP contribution >= 0.6 is 22.9 Å². The summed E-state index contributed by atoms with van der Waals surface area (Å²) in [4.78, 5) is 27.9. The Balaban J connectivity index is 1.58. The Kier molecular flexibility index (Phi) is 5.90. The zero-order valence-corrected chi connectivity index (χ0v) is 15.2. The fourth-order valence-corrected chi connectivity index (χ4v) is 2.87. The molecule has 0 spiro atoms. The highest BCUT2D eigenvalue weighted by molar-refractivity contribution is 7.14. The van der Waals surface area contributed by atoms with Crippen molar-refractivity contribution >= 4 is 46.1 Å². The molecule has 2 N–H and O–H groups in total. The summed E-state index contributed by atoms with van der Waals surface area (Å²) in [6.07, 6.45) is 1.11. The van der Waals surface area contributed by atoms with Crippen LogP contribution in [0.2, 0.25) is 5.02 Å². The quantitative estimate of drug-likeness (QED) is 0.396. The maximum absolute atomic E-state index is 13.4. The number of anilines is 1. The van der Waals surface area contributed by atoms with Crippen molar-refractivity contribution < 1.29 is 14.0 Å². The van der Waals surface area contributed by atoms with Gasteiger partial charge in [-0.05, 0) is 18.2 Å². The molecule has 2 amide bonds. The summed E-state index contributed by atoms with van der Waals surface area (Å²) >= 11 is 7.02. The Labute approximate surface area is 162 Å². The number of hydrazone groups is 1. The van der Waals surface area contributed by atoms with E-state index in [1.165, 1.54) is 29.5 Å². The molecule has 0 saturated heterocycles. The number of hydrogen-bond donors (Lipinski definition) is 2. The van der Waals surface area contributed by atoms with Gasteiger partial charge < -0.3 is 0 Å². The lowest BCUT2D eigenvalue weighted by Gasteiger charge is -2.00. The zero-order valence-electron chi connectivity index (χ0n) is 13.6. The number of nitrogens with one attached hydrogen (secondary N) is 2. The molecule has 6 nitrogen and oxygen atoms in total. The molecular formula is C18H12ClFN4O2S. The van der Waals surface area contributed by atoms with Gasteiger partial charge in [0, 0.05) is 21.5 Å². The van der Waals surface area contributed by atoms with E-state index in [4.69, 9.17) is 11.6 Å². The van der Waals surface area contributed by atoms with Gasteiger partial charge in [0.2, 0.25) is 0 Å². The molecule has 1 heterocycles. The lowest BCUT2D eigenvalue weighted by atomic mass is 10.2. The van der Waals surface area contributed by atoms with Crippen molar-refractivity contribution in [3.05, 3.63) is 70.3 Å². The molecular weight excluding hydrogens is 391 g/mol. The third kappa shape index (κ3) is 4.96. The van der Waals surface area contributed by atoms with Gasteiger partial charge in [0.05, 0.1) is 11.9 Å². The lowest BCUT2D eigenvalue weighted by molar-refractivity contribution is -0.136. The van der Waals surface area contributed by atoms with Gasteiger partial charge in [0.25, 0.3) is 0 Å². The van der Waals surface area contributed by atoms with Crippen LogP contribution in [0.1, 0.15) is 5.56 Å². The molecule has 0 saturated carbocycles. The number of amides is 2. The first-order chi connectivity index (χ1) is 13.0. The molecule has 0 unspecified atom stereocenters. The molecule has 136 valence electrons. The third-order valence-corrected chi connectivity index (χ3v) is 4.36. The summed E-state index contributed by atoms with van der Waals surface area (Å²) < 4.78 is 13.4. The number of thiazole rings is 1. The standard InChI is InChI=1S/C18H12ClFN4O2S/c19-13-7-5-11(6-8-13)15-10-27-18(22-15)23-16(25)17(26)24-21-9-12-3-1-2-4-14(12)20/h1-10H,(H,24,26)(H,22,23,25)/b21-9-. The van der Waals surface area contributed by atoms with Crippen molar-refractivity contribution in [1.82, 2.24) is 10.4 Å². The summed E-state index contributed by atoms with van der Waals surface area (Å²) in [6.45, 7) is 0. The lowest BCUT2D eigenvalue weighted by Crippen LogP contribution is -2.32.